The number of piperidine rings is 1. The fourth-order valence-corrected chi connectivity index (χ4v) is 4.25. The van der Waals surface area contributed by atoms with E-state index < -0.39 is 0 Å². The Morgan fingerprint density at radius 2 is 1.81 bits per heavy atom. The minimum absolute atomic E-state index is 0.0678. The number of nitrogens with zero attached hydrogens (tertiary/aromatic N) is 2. The van der Waals surface area contributed by atoms with Crippen molar-refractivity contribution in [1.29, 1.82) is 0 Å². The summed E-state index contributed by atoms with van der Waals surface area (Å²) in [6.45, 7) is 1.51. The van der Waals surface area contributed by atoms with E-state index in [1.807, 2.05) is 47.4 Å². The van der Waals surface area contributed by atoms with Crippen LogP contribution in [0.5, 0.6) is 11.6 Å². The maximum atomic E-state index is 12.7. The molecule has 2 atom stereocenters. The first-order valence-electron chi connectivity index (χ1n) is 11.2. The highest BCUT2D eigenvalue weighted by molar-refractivity contribution is 5.75. The van der Waals surface area contributed by atoms with Crippen LogP contribution in [0, 0.1) is 0 Å². The molecule has 1 aliphatic heterocycles. The molecule has 1 aliphatic carbocycles. The summed E-state index contributed by atoms with van der Waals surface area (Å²) in [4.78, 5) is 18.8. The molecule has 5 heteroatoms. The lowest BCUT2D eigenvalue weighted by Crippen LogP contribution is -2.44. The number of urea groups is 1. The van der Waals surface area contributed by atoms with Crippen LogP contribution in [0.4, 0.5) is 4.79 Å². The molecule has 5 rings (SSSR count). The normalized spacial score (nSPS) is 19.9. The fraction of sp³-hybridized carbons (Fsp3) is 0.259. The average Bonchev–Trinajstić information content (AvgIpc) is 3.60. The fourth-order valence-electron chi connectivity index (χ4n) is 4.25. The maximum absolute atomic E-state index is 12.7. The lowest BCUT2D eigenvalue weighted by Gasteiger charge is -2.28. The predicted octanol–water partition coefficient (Wildman–Crippen LogP) is 5.62. The minimum Gasteiger partial charge on any atom is -0.439 e. The number of hydrogen-bond donors (Lipinski definition) is 1. The van der Waals surface area contributed by atoms with E-state index in [0.29, 0.717) is 11.8 Å². The van der Waals surface area contributed by atoms with Crippen LogP contribution in [0.3, 0.4) is 0 Å². The summed E-state index contributed by atoms with van der Waals surface area (Å²) < 4.78 is 5.84. The maximum Gasteiger partial charge on any atom is 0.317 e. The Balaban J connectivity index is 1.13. The Kier molecular flexibility index (Phi) is 5.88. The second kappa shape index (κ2) is 9.27. The standard InChI is InChI=1S/C27H27N3O2/c31-27(29-25-19-24(25)22-8-2-1-3-9-22)30-15-12-20(13-16-30)17-21-7-6-10-23(18-21)32-26-11-4-5-14-28-26/h1-11,14,17-18,24-25H,12-13,15-16,19H2,(H,29,31)/t24-,25+/m1/s1. The molecule has 5 nitrogen and oxygen atoms in total. The van der Waals surface area contributed by atoms with Gasteiger partial charge in [-0.15, -0.1) is 0 Å². The van der Waals surface area contributed by atoms with Crippen molar-refractivity contribution in [2.45, 2.75) is 31.2 Å². The van der Waals surface area contributed by atoms with Crippen molar-refractivity contribution in [2.24, 2.45) is 0 Å². The van der Waals surface area contributed by atoms with Crippen LogP contribution in [-0.2, 0) is 0 Å². The molecule has 162 valence electrons. The third kappa shape index (κ3) is 4.99. The van der Waals surface area contributed by atoms with Gasteiger partial charge in [0.2, 0.25) is 5.88 Å². The molecule has 1 saturated heterocycles. The number of aromatic nitrogens is 1. The van der Waals surface area contributed by atoms with E-state index in [1.54, 1.807) is 6.20 Å². The van der Waals surface area contributed by atoms with Gasteiger partial charge in [0.25, 0.3) is 0 Å². The molecule has 3 aromatic rings. The summed E-state index contributed by atoms with van der Waals surface area (Å²) >= 11 is 0. The Bertz CT molecular complexity index is 1090. The third-order valence-electron chi connectivity index (χ3n) is 6.11. The molecule has 2 heterocycles. The number of carbonyl (C=O) groups is 1. The first-order valence-corrected chi connectivity index (χ1v) is 11.2. The molecular weight excluding hydrogens is 398 g/mol. The zero-order valence-corrected chi connectivity index (χ0v) is 18.0. The Morgan fingerprint density at radius 1 is 1.00 bits per heavy atom. The average molecular weight is 426 g/mol. The van der Waals surface area contributed by atoms with E-state index >= 15 is 0 Å². The minimum atomic E-state index is 0.0678. The van der Waals surface area contributed by atoms with E-state index in [9.17, 15) is 4.79 Å². The molecule has 0 unspecified atom stereocenters. The van der Waals surface area contributed by atoms with Crippen LogP contribution in [0.1, 0.15) is 36.3 Å². The lowest BCUT2D eigenvalue weighted by atomic mass is 10.0. The highest BCUT2D eigenvalue weighted by Crippen LogP contribution is 2.40. The zero-order valence-electron chi connectivity index (χ0n) is 18.0. The molecule has 0 spiro atoms. The van der Waals surface area contributed by atoms with E-state index in [-0.39, 0.29) is 12.1 Å². The summed E-state index contributed by atoms with van der Waals surface area (Å²) in [7, 11) is 0. The molecule has 1 aromatic heterocycles. The van der Waals surface area contributed by atoms with Gasteiger partial charge < -0.3 is 15.0 Å². The smallest absolute Gasteiger partial charge is 0.317 e. The number of ether oxygens (including phenoxy) is 1. The number of likely N-dealkylation sites (tertiary alicyclic amines) is 1. The van der Waals surface area contributed by atoms with Crippen molar-refractivity contribution in [3.05, 3.63) is 95.7 Å². The summed E-state index contributed by atoms with van der Waals surface area (Å²) in [6, 6.07) is 24.4. The zero-order chi connectivity index (χ0) is 21.8. The number of nitrogens with one attached hydrogen (secondary N) is 1. The van der Waals surface area contributed by atoms with Gasteiger partial charge in [0, 0.05) is 37.3 Å². The molecule has 1 saturated carbocycles. The van der Waals surface area contributed by atoms with E-state index in [2.05, 4.69) is 46.7 Å². The monoisotopic (exact) mass is 425 g/mol. The van der Waals surface area contributed by atoms with Gasteiger partial charge in [0.05, 0.1) is 0 Å². The van der Waals surface area contributed by atoms with Crippen LogP contribution >= 0.6 is 0 Å². The Labute approximate surface area is 188 Å². The SMILES string of the molecule is O=C(N[C@H]1C[C@@H]1c1ccccc1)N1CCC(=Cc2cccc(Oc3ccccn3)c2)CC1. The van der Waals surface area contributed by atoms with Gasteiger partial charge in [0.15, 0.2) is 0 Å². The van der Waals surface area contributed by atoms with Crippen molar-refractivity contribution in [1.82, 2.24) is 15.2 Å². The molecule has 0 radical (unpaired) electrons. The number of hydrogen-bond acceptors (Lipinski definition) is 3. The molecule has 2 amide bonds. The number of carbonyl (C=O) groups excluding carboxylic acids is 1. The second-order valence-electron chi connectivity index (χ2n) is 8.44. The number of benzene rings is 2. The summed E-state index contributed by atoms with van der Waals surface area (Å²) in [6.07, 6.45) is 6.76. The molecule has 1 N–H and O–H groups in total. The van der Waals surface area contributed by atoms with Crippen LogP contribution < -0.4 is 10.1 Å². The van der Waals surface area contributed by atoms with E-state index in [4.69, 9.17) is 4.74 Å². The topological polar surface area (TPSA) is 54.5 Å². The van der Waals surface area contributed by atoms with Crippen LogP contribution in [-0.4, -0.2) is 35.0 Å². The number of pyridine rings is 1. The quantitative estimate of drug-likeness (QED) is 0.577. The molecule has 2 aliphatic rings. The first-order chi connectivity index (χ1) is 15.7. The van der Waals surface area contributed by atoms with Gasteiger partial charge in [-0.2, -0.15) is 0 Å². The summed E-state index contributed by atoms with van der Waals surface area (Å²) in [5.41, 5.74) is 3.78. The predicted molar refractivity (Wildman–Crippen MR) is 126 cm³/mol. The van der Waals surface area contributed by atoms with E-state index in [0.717, 1.165) is 43.7 Å². The highest BCUT2D eigenvalue weighted by Gasteiger charge is 2.40. The summed E-state index contributed by atoms with van der Waals surface area (Å²) in [5, 5.41) is 3.21. The third-order valence-corrected chi connectivity index (χ3v) is 6.11. The van der Waals surface area contributed by atoms with Gasteiger partial charge in [-0.25, -0.2) is 9.78 Å². The van der Waals surface area contributed by atoms with Crippen LogP contribution in [0.2, 0.25) is 0 Å². The Morgan fingerprint density at radius 3 is 2.59 bits per heavy atom. The molecule has 32 heavy (non-hydrogen) atoms. The van der Waals surface area contributed by atoms with E-state index in [1.165, 1.54) is 11.1 Å². The number of amides is 2. The van der Waals surface area contributed by atoms with Crippen molar-refractivity contribution < 1.29 is 9.53 Å². The molecule has 2 fully saturated rings. The molecule has 0 bridgehead atoms. The van der Waals surface area contributed by atoms with Gasteiger partial charge in [-0.1, -0.05) is 60.2 Å². The van der Waals surface area contributed by atoms with Crippen molar-refractivity contribution in [3.8, 4) is 11.6 Å². The van der Waals surface area contributed by atoms with Crippen molar-refractivity contribution in [3.63, 3.8) is 0 Å². The highest BCUT2D eigenvalue weighted by atomic mass is 16.5. The first kappa shape index (κ1) is 20.3. The largest absolute Gasteiger partial charge is 0.439 e. The lowest BCUT2D eigenvalue weighted by molar-refractivity contribution is 0.193. The Hall–Kier alpha value is -3.60. The summed E-state index contributed by atoms with van der Waals surface area (Å²) in [5.74, 6) is 1.81. The number of rotatable bonds is 5. The van der Waals surface area contributed by atoms with Crippen LogP contribution in [0.25, 0.3) is 6.08 Å². The van der Waals surface area contributed by atoms with Gasteiger partial charge >= 0.3 is 6.03 Å². The van der Waals surface area contributed by atoms with Gasteiger partial charge in [-0.05, 0) is 48.6 Å². The van der Waals surface area contributed by atoms with Gasteiger partial charge in [-0.3, -0.25) is 0 Å². The van der Waals surface area contributed by atoms with Crippen molar-refractivity contribution in [2.75, 3.05) is 13.1 Å². The van der Waals surface area contributed by atoms with Crippen molar-refractivity contribution >= 4 is 12.1 Å². The second-order valence-corrected chi connectivity index (χ2v) is 8.44. The van der Waals surface area contributed by atoms with Crippen LogP contribution in [0.15, 0.2) is 84.6 Å². The molecular formula is C27H27N3O2. The van der Waals surface area contributed by atoms with Gasteiger partial charge in [0.1, 0.15) is 5.75 Å². The molecule has 2 aromatic carbocycles.